The van der Waals surface area contributed by atoms with Gasteiger partial charge in [0.15, 0.2) is 17.3 Å². The number of halogens is 3. The summed E-state index contributed by atoms with van der Waals surface area (Å²) in [5.74, 6) is 0.856. The van der Waals surface area contributed by atoms with Crippen LogP contribution in [-0.2, 0) is 23.9 Å². The highest BCUT2D eigenvalue weighted by atomic mass is 19.4. The first kappa shape index (κ1) is 25.7. The van der Waals surface area contributed by atoms with Gasteiger partial charge in [-0.3, -0.25) is 9.59 Å². The average molecular weight is 490 g/mol. The fourth-order valence-corrected chi connectivity index (χ4v) is 3.18. The van der Waals surface area contributed by atoms with E-state index in [0.717, 1.165) is 18.6 Å². The van der Waals surface area contributed by atoms with E-state index >= 15 is 0 Å². The van der Waals surface area contributed by atoms with Crippen molar-refractivity contribution in [2.24, 2.45) is 0 Å². The van der Waals surface area contributed by atoms with Crippen LogP contribution in [0.3, 0.4) is 0 Å². The topological polar surface area (TPSA) is 106 Å². The molecule has 186 valence electrons. The van der Waals surface area contributed by atoms with E-state index < -0.39 is 23.2 Å². The highest BCUT2D eigenvalue weighted by molar-refractivity contribution is 5.76. The number of hydrogen-bond donors (Lipinski definition) is 2. The number of alkyl halides is 3. The van der Waals surface area contributed by atoms with Gasteiger partial charge in [0.1, 0.15) is 5.69 Å². The summed E-state index contributed by atoms with van der Waals surface area (Å²) in [7, 11) is 1.51. The normalized spacial score (nSPS) is 11.2. The van der Waals surface area contributed by atoms with E-state index in [1.807, 2.05) is 6.92 Å². The van der Waals surface area contributed by atoms with E-state index in [1.165, 1.54) is 19.2 Å². The number of aromatic nitrogens is 3. The number of methoxy groups -OCH3 is 1. The third-order valence-corrected chi connectivity index (χ3v) is 5.00. The molecule has 0 saturated carbocycles. The molecule has 1 amide bonds. The molecule has 1 heterocycles. The minimum Gasteiger partial charge on any atom is -0.493 e. The molecule has 0 aliphatic rings. The molecule has 3 rings (SSSR count). The summed E-state index contributed by atoms with van der Waals surface area (Å²) in [6, 6.07) is 9.81. The van der Waals surface area contributed by atoms with Crippen LogP contribution in [0.1, 0.15) is 36.6 Å². The predicted molar refractivity (Wildman–Crippen MR) is 122 cm³/mol. The second-order valence-electron chi connectivity index (χ2n) is 7.64. The summed E-state index contributed by atoms with van der Waals surface area (Å²) < 4.78 is 49.4. The number of aryl methyl sites for hydroxylation is 1. The van der Waals surface area contributed by atoms with Crippen LogP contribution >= 0.6 is 0 Å². The zero-order valence-corrected chi connectivity index (χ0v) is 19.2. The molecule has 11 heteroatoms. The highest BCUT2D eigenvalue weighted by Gasteiger charge is 2.30. The first-order chi connectivity index (χ1) is 16.7. The molecule has 1 aromatic heterocycles. The van der Waals surface area contributed by atoms with E-state index in [-0.39, 0.29) is 30.9 Å². The molecule has 35 heavy (non-hydrogen) atoms. The second kappa shape index (κ2) is 11.5. The lowest BCUT2D eigenvalue weighted by atomic mass is 10.1. The van der Waals surface area contributed by atoms with Gasteiger partial charge in [-0.1, -0.05) is 19.1 Å². The zero-order valence-electron chi connectivity index (χ0n) is 19.2. The molecule has 0 spiro atoms. The molecule has 0 saturated heterocycles. The number of nitrogens with zero attached hydrogens (tertiary/aromatic N) is 2. The van der Waals surface area contributed by atoms with E-state index in [9.17, 15) is 22.8 Å². The van der Waals surface area contributed by atoms with Gasteiger partial charge in [-0.15, -0.1) is 10.2 Å². The van der Waals surface area contributed by atoms with Crippen molar-refractivity contribution < 1.29 is 27.4 Å². The third-order valence-electron chi connectivity index (χ3n) is 5.00. The van der Waals surface area contributed by atoms with Crippen LogP contribution in [-0.4, -0.2) is 34.8 Å². The highest BCUT2D eigenvalue weighted by Crippen LogP contribution is 2.31. The lowest BCUT2D eigenvalue weighted by Crippen LogP contribution is -2.25. The first-order valence-corrected chi connectivity index (χ1v) is 10.9. The maximum Gasteiger partial charge on any atom is 0.416 e. The van der Waals surface area contributed by atoms with Gasteiger partial charge in [0.25, 0.3) is 5.56 Å². The van der Waals surface area contributed by atoms with Crippen LogP contribution in [0.15, 0.2) is 47.3 Å². The summed E-state index contributed by atoms with van der Waals surface area (Å²) >= 11 is 0. The van der Waals surface area contributed by atoms with Gasteiger partial charge in [0.05, 0.1) is 19.3 Å². The van der Waals surface area contributed by atoms with Gasteiger partial charge < -0.3 is 19.8 Å². The fraction of sp³-hybridized carbons (Fsp3) is 0.333. The van der Waals surface area contributed by atoms with Gasteiger partial charge in [-0.05, 0) is 42.3 Å². The fourth-order valence-electron chi connectivity index (χ4n) is 3.18. The largest absolute Gasteiger partial charge is 0.493 e. The maximum absolute atomic E-state index is 12.8. The Kier molecular flexibility index (Phi) is 8.45. The number of benzene rings is 2. The van der Waals surface area contributed by atoms with Crippen molar-refractivity contribution in [3.8, 4) is 22.9 Å². The smallest absolute Gasteiger partial charge is 0.416 e. The Hall–Kier alpha value is -3.89. The predicted octanol–water partition coefficient (Wildman–Crippen LogP) is 3.90. The van der Waals surface area contributed by atoms with E-state index in [4.69, 9.17) is 9.47 Å². The Bertz CT molecular complexity index is 1230. The van der Waals surface area contributed by atoms with Crippen LogP contribution in [0.2, 0.25) is 0 Å². The maximum atomic E-state index is 12.8. The van der Waals surface area contributed by atoms with Crippen LogP contribution in [0.4, 0.5) is 13.2 Å². The van der Waals surface area contributed by atoms with Crippen LogP contribution in [0, 0.1) is 0 Å². The standard InChI is InChI=1S/C24H25F3N4O4/c1-3-11-35-19-9-7-16(13-20(19)34-2)22-29-23(33)18(30-31-22)8-10-21(32)28-14-15-5-4-6-17(12-15)24(25,26)27/h4-7,9,12-13H,3,8,10-11,14H2,1-2H3,(H,28,32)(H,29,31,33). The molecule has 0 aliphatic heterocycles. The summed E-state index contributed by atoms with van der Waals surface area (Å²) in [6.07, 6.45) is -3.67. The number of nitrogens with one attached hydrogen (secondary N) is 2. The van der Waals surface area contributed by atoms with Crippen LogP contribution in [0.25, 0.3) is 11.4 Å². The van der Waals surface area contributed by atoms with Crippen LogP contribution < -0.4 is 20.3 Å². The van der Waals surface area contributed by atoms with Gasteiger partial charge in [-0.25, -0.2) is 0 Å². The lowest BCUT2D eigenvalue weighted by molar-refractivity contribution is -0.137. The molecule has 0 atom stereocenters. The van der Waals surface area contributed by atoms with Crippen molar-refractivity contribution in [1.82, 2.24) is 20.5 Å². The summed E-state index contributed by atoms with van der Waals surface area (Å²) in [5, 5.41) is 10.5. The number of ether oxygens (including phenoxy) is 2. The average Bonchev–Trinajstić information content (AvgIpc) is 2.85. The quantitative estimate of drug-likeness (QED) is 0.447. The van der Waals surface area contributed by atoms with E-state index in [0.29, 0.717) is 29.2 Å². The number of amides is 1. The summed E-state index contributed by atoms with van der Waals surface area (Å²) in [5.41, 5.74) is -0.326. The van der Waals surface area contributed by atoms with Crippen molar-refractivity contribution in [2.75, 3.05) is 13.7 Å². The summed E-state index contributed by atoms with van der Waals surface area (Å²) in [6.45, 7) is 2.46. The Morgan fingerprint density at radius 3 is 2.60 bits per heavy atom. The molecule has 0 radical (unpaired) electrons. The van der Waals surface area contributed by atoms with Crippen molar-refractivity contribution in [1.29, 1.82) is 0 Å². The minimum atomic E-state index is -4.46. The zero-order chi connectivity index (χ0) is 25.4. The summed E-state index contributed by atoms with van der Waals surface area (Å²) in [4.78, 5) is 27.2. The molecule has 8 nitrogen and oxygen atoms in total. The van der Waals surface area contributed by atoms with Gasteiger partial charge in [0, 0.05) is 24.9 Å². The number of hydrogen-bond acceptors (Lipinski definition) is 6. The van der Waals surface area contributed by atoms with Crippen molar-refractivity contribution in [2.45, 2.75) is 38.9 Å². The number of rotatable bonds is 10. The Morgan fingerprint density at radius 2 is 1.91 bits per heavy atom. The van der Waals surface area contributed by atoms with Gasteiger partial charge in [0.2, 0.25) is 5.91 Å². The number of aromatic amines is 1. The number of H-pyrrole nitrogens is 1. The third kappa shape index (κ3) is 7.05. The van der Waals surface area contributed by atoms with Crippen LogP contribution in [0.5, 0.6) is 11.5 Å². The molecule has 3 aromatic rings. The monoisotopic (exact) mass is 490 g/mol. The molecule has 0 aliphatic carbocycles. The molecule has 2 aromatic carbocycles. The number of carbonyl (C=O) groups excluding carboxylic acids is 1. The molecular formula is C24H25F3N4O4. The van der Waals surface area contributed by atoms with E-state index in [1.54, 1.807) is 18.2 Å². The lowest BCUT2D eigenvalue weighted by Gasteiger charge is -2.11. The molecular weight excluding hydrogens is 465 g/mol. The number of carbonyl (C=O) groups is 1. The van der Waals surface area contributed by atoms with Crippen molar-refractivity contribution in [3.63, 3.8) is 0 Å². The van der Waals surface area contributed by atoms with Gasteiger partial charge >= 0.3 is 6.18 Å². The molecule has 0 fully saturated rings. The Balaban J connectivity index is 1.60. The van der Waals surface area contributed by atoms with E-state index in [2.05, 4.69) is 20.5 Å². The Morgan fingerprint density at radius 1 is 1.11 bits per heavy atom. The van der Waals surface area contributed by atoms with Gasteiger partial charge in [-0.2, -0.15) is 13.2 Å². The van der Waals surface area contributed by atoms with Crippen molar-refractivity contribution >= 4 is 5.91 Å². The second-order valence-corrected chi connectivity index (χ2v) is 7.64. The van der Waals surface area contributed by atoms with Crippen molar-refractivity contribution in [3.05, 3.63) is 69.6 Å². The molecule has 0 bridgehead atoms. The minimum absolute atomic E-state index is 0.0180. The Labute approximate surface area is 199 Å². The SMILES string of the molecule is CCCOc1ccc(-c2nnc(CCC(=O)NCc3cccc(C(F)(F)F)c3)c(=O)[nH]2)cc1OC. The molecule has 0 unspecified atom stereocenters. The first-order valence-electron chi connectivity index (χ1n) is 10.9. The molecule has 2 N–H and O–H groups in total.